The van der Waals surface area contributed by atoms with Gasteiger partial charge in [0, 0.05) is 30.8 Å². The highest BCUT2D eigenvalue weighted by atomic mass is 16.2. The van der Waals surface area contributed by atoms with E-state index in [0.717, 1.165) is 23.2 Å². The van der Waals surface area contributed by atoms with E-state index in [1.807, 2.05) is 35.2 Å². The van der Waals surface area contributed by atoms with E-state index in [9.17, 15) is 4.79 Å². The summed E-state index contributed by atoms with van der Waals surface area (Å²) in [7, 11) is 0. The third kappa shape index (κ3) is 2.48. The number of aromatic nitrogens is 2. The number of amides is 1. The highest BCUT2D eigenvalue weighted by Crippen LogP contribution is 2.32. The molecule has 2 aromatic heterocycles. The molecule has 1 aliphatic rings. The third-order valence-electron chi connectivity index (χ3n) is 4.12. The zero-order chi connectivity index (χ0) is 15.6. The van der Waals surface area contributed by atoms with Gasteiger partial charge in [0.25, 0.3) is 5.91 Å². The molecule has 4 nitrogen and oxygen atoms in total. The Hall–Kier alpha value is -3.01. The van der Waals surface area contributed by atoms with Gasteiger partial charge in [-0.15, -0.1) is 0 Å². The minimum absolute atomic E-state index is 0.0407. The Morgan fingerprint density at radius 3 is 2.61 bits per heavy atom. The molecule has 1 aromatic carbocycles. The number of fused-ring (bicyclic) bond motifs is 1. The van der Waals surface area contributed by atoms with E-state index >= 15 is 0 Å². The number of nitrogens with zero attached hydrogens (tertiary/aromatic N) is 3. The molecular formula is C19H15N3O. The summed E-state index contributed by atoms with van der Waals surface area (Å²) in [6.07, 6.45) is 6.10. The van der Waals surface area contributed by atoms with Gasteiger partial charge in [-0.2, -0.15) is 0 Å². The summed E-state index contributed by atoms with van der Waals surface area (Å²) in [6, 6.07) is 15.6. The molecular weight excluding hydrogens is 286 g/mol. The normalized spacial score (nSPS) is 13.0. The summed E-state index contributed by atoms with van der Waals surface area (Å²) < 4.78 is 0. The number of benzene rings is 1. The minimum atomic E-state index is -0.0407. The molecule has 0 spiro atoms. The molecule has 0 saturated carbocycles. The second-order valence-electron chi connectivity index (χ2n) is 5.50. The van der Waals surface area contributed by atoms with Gasteiger partial charge in [-0.05, 0) is 59.5 Å². The van der Waals surface area contributed by atoms with Crippen molar-refractivity contribution in [3.63, 3.8) is 0 Å². The quantitative estimate of drug-likeness (QED) is 0.729. The van der Waals surface area contributed by atoms with Crippen LogP contribution < -0.4 is 4.90 Å². The number of carbonyl (C=O) groups is 1. The molecule has 0 unspecified atom stereocenters. The van der Waals surface area contributed by atoms with Crippen molar-refractivity contribution < 1.29 is 4.79 Å². The van der Waals surface area contributed by atoms with Gasteiger partial charge in [0.2, 0.25) is 0 Å². The maximum Gasteiger partial charge on any atom is 0.276 e. The molecule has 3 heterocycles. The van der Waals surface area contributed by atoms with Gasteiger partial charge < -0.3 is 4.90 Å². The van der Waals surface area contributed by atoms with Crippen molar-refractivity contribution in [1.29, 1.82) is 0 Å². The van der Waals surface area contributed by atoms with Crippen LogP contribution in [0.1, 0.15) is 16.1 Å². The summed E-state index contributed by atoms with van der Waals surface area (Å²) in [4.78, 5) is 22.6. The lowest BCUT2D eigenvalue weighted by Gasteiger charge is -2.17. The molecule has 23 heavy (non-hydrogen) atoms. The first-order valence-corrected chi connectivity index (χ1v) is 7.59. The molecule has 0 radical (unpaired) electrons. The summed E-state index contributed by atoms with van der Waals surface area (Å²) >= 11 is 0. The lowest BCUT2D eigenvalue weighted by Crippen LogP contribution is -2.29. The predicted molar refractivity (Wildman–Crippen MR) is 89.3 cm³/mol. The number of hydrogen-bond donors (Lipinski definition) is 0. The van der Waals surface area contributed by atoms with E-state index in [1.54, 1.807) is 24.7 Å². The zero-order valence-corrected chi connectivity index (χ0v) is 12.5. The first-order valence-electron chi connectivity index (χ1n) is 7.59. The van der Waals surface area contributed by atoms with Crippen LogP contribution in [0.4, 0.5) is 5.69 Å². The van der Waals surface area contributed by atoms with Crippen molar-refractivity contribution in [3.8, 4) is 11.1 Å². The van der Waals surface area contributed by atoms with Crippen molar-refractivity contribution in [2.24, 2.45) is 0 Å². The average Bonchev–Trinajstić information content (AvgIpc) is 3.05. The Kier molecular flexibility index (Phi) is 3.35. The smallest absolute Gasteiger partial charge is 0.276 e. The molecule has 1 aliphatic heterocycles. The van der Waals surface area contributed by atoms with E-state index < -0.39 is 0 Å². The molecule has 1 amide bonds. The Morgan fingerprint density at radius 2 is 1.83 bits per heavy atom. The highest BCUT2D eigenvalue weighted by molar-refractivity contribution is 6.06. The number of rotatable bonds is 2. The Labute approximate surface area is 134 Å². The van der Waals surface area contributed by atoms with Gasteiger partial charge in [0.05, 0.1) is 0 Å². The van der Waals surface area contributed by atoms with Crippen LogP contribution in [0.15, 0.2) is 67.1 Å². The van der Waals surface area contributed by atoms with Crippen LogP contribution in [0.3, 0.4) is 0 Å². The molecule has 3 aromatic rings. The maximum absolute atomic E-state index is 12.6. The van der Waals surface area contributed by atoms with Gasteiger partial charge in [-0.25, -0.2) is 0 Å². The Bertz CT molecular complexity index is 847. The lowest BCUT2D eigenvalue weighted by molar-refractivity contribution is 0.0984. The van der Waals surface area contributed by atoms with Crippen LogP contribution in [-0.2, 0) is 6.42 Å². The summed E-state index contributed by atoms with van der Waals surface area (Å²) in [5.41, 5.74) is 4.95. The van der Waals surface area contributed by atoms with Crippen LogP contribution in [0.2, 0.25) is 0 Å². The molecule has 0 bridgehead atoms. The minimum Gasteiger partial charge on any atom is -0.306 e. The highest BCUT2D eigenvalue weighted by Gasteiger charge is 2.26. The van der Waals surface area contributed by atoms with Crippen molar-refractivity contribution in [2.75, 3.05) is 11.4 Å². The largest absolute Gasteiger partial charge is 0.306 e. The fraction of sp³-hybridized carbons (Fsp3) is 0.105. The van der Waals surface area contributed by atoms with Gasteiger partial charge in [-0.1, -0.05) is 12.1 Å². The molecule has 112 valence electrons. The summed E-state index contributed by atoms with van der Waals surface area (Å²) in [5, 5.41) is 0. The number of carbonyl (C=O) groups excluding carboxylic acids is 1. The average molecular weight is 301 g/mol. The van der Waals surface area contributed by atoms with E-state index in [1.165, 1.54) is 5.56 Å². The first kappa shape index (κ1) is 13.6. The monoisotopic (exact) mass is 301 g/mol. The third-order valence-corrected chi connectivity index (χ3v) is 4.12. The van der Waals surface area contributed by atoms with Crippen LogP contribution in [0.5, 0.6) is 0 Å². The standard InChI is InChI=1S/C19H15N3O/c23-19(17-3-1-2-9-21-17)22-12-8-16-13-15(4-5-18(16)22)14-6-10-20-11-7-14/h1-7,9-11,13H,8,12H2. The lowest BCUT2D eigenvalue weighted by atomic mass is 10.0. The summed E-state index contributed by atoms with van der Waals surface area (Å²) in [5.74, 6) is -0.0407. The zero-order valence-electron chi connectivity index (χ0n) is 12.5. The van der Waals surface area contributed by atoms with Gasteiger partial charge in [-0.3, -0.25) is 14.8 Å². The second-order valence-corrected chi connectivity index (χ2v) is 5.50. The molecule has 0 aliphatic carbocycles. The second kappa shape index (κ2) is 5.65. The number of anilines is 1. The Balaban J connectivity index is 1.67. The number of pyridine rings is 2. The van der Waals surface area contributed by atoms with E-state index in [-0.39, 0.29) is 5.91 Å². The van der Waals surface area contributed by atoms with E-state index in [4.69, 9.17) is 0 Å². The fourth-order valence-corrected chi connectivity index (χ4v) is 2.96. The topological polar surface area (TPSA) is 46.1 Å². The Morgan fingerprint density at radius 1 is 0.957 bits per heavy atom. The van der Waals surface area contributed by atoms with Crippen molar-refractivity contribution >= 4 is 11.6 Å². The van der Waals surface area contributed by atoms with Crippen LogP contribution in [0, 0.1) is 0 Å². The van der Waals surface area contributed by atoms with Crippen LogP contribution in [-0.4, -0.2) is 22.4 Å². The molecule has 0 saturated heterocycles. The van der Waals surface area contributed by atoms with Gasteiger partial charge in [0.15, 0.2) is 0 Å². The van der Waals surface area contributed by atoms with E-state index in [2.05, 4.69) is 22.1 Å². The van der Waals surface area contributed by atoms with Crippen LogP contribution in [0.25, 0.3) is 11.1 Å². The molecule has 4 rings (SSSR count). The molecule has 0 N–H and O–H groups in total. The van der Waals surface area contributed by atoms with Crippen molar-refractivity contribution in [1.82, 2.24) is 9.97 Å². The molecule has 0 fully saturated rings. The first-order chi connectivity index (χ1) is 11.3. The number of hydrogen-bond acceptors (Lipinski definition) is 3. The van der Waals surface area contributed by atoms with Crippen molar-refractivity contribution in [3.05, 3.63) is 78.4 Å². The summed E-state index contributed by atoms with van der Waals surface area (Å²) in [6.45, 7) is 0.699. The maximum atomic E-state index is 12.6. The van der Waals surface area contributed by atoms with E-state index in [0.29, 0.717) is 12.2 Å². The SMILES string of the molecule is O=C(c1ccccn1)N1CCc2cc(-c3ccncc3)ccc21. The molecule has 0 atom stereocenters. The van der Waals surface area contributed by atoms with Crippen LogP contribution >= 0.6 is 0 Å². The predicted octanol–water partition coefficient (Wildman–Crippen LogP) is 3.35. The fourth-order valence-electron chi connectivity index (χ4n) is 2.96. The van der Waals surface area contributed by atoms with Gasteiger partial charge >= 0.3 is 0 Å². The van der Waals surface area contributed by atoms with Gasteiger partial charge in [0.1, 0.15) is 5.69 Å². The van der Waals surface area contributed by atoms with Crippen molar-refractivity contribution in [2.45, 2.75) is 6.42 Å². The molecule has 4 heteroatoms.